The molecule has 1 aliphatic carbocycles. The van der Waals surface area contributed by atoms with E-state index in [9.17, 15) is 0 Å². The summed E-state index contributed by atoms with van der Waals surface area (Å²) in [6.45, 7) is 0.794. The fraction of sp³-hybridized carbons (Fsp3) is 0.333. The molecule has 2 heteroatoms. The van der Waals surface area contributed by atoms with Crippen molar-refractivity contribution in [2.75, 3.05) is 6.54 Å². The first kappa shape index (κ1) is 10.5. The van der Waals surface area contributed by atoms with Crippen molar-refractivity contribution >= 4 is 5.70 Å². The fourth-order valence-electron chi connectivity index (χ4n) is 2.49. The molecule has 1 aromatic rings. The van der Waals surface area contributed by atoms with Gasteiger partial charge in [-0.3, -0.25) is 0 Å². The first-order valence-electron chi connectivity index (χ1n) is 6.29. The van der Waals surface area contributed by atoms with Gasteiger partial charge in [-0.1, -0.05) is 30.3 Å². The predicted octanol–water partition coefficient (Wildman–Crippen LogP) is 4.36. The maximum Gasteiger partial charge on any atom is 0.0927 e. The summed E-state index contributed by atoms with van der Waals surface area (Å²) < 4.78 is 0. The van der Waals surface area contributed by atoms with Crippen molar-refractivity contribution in [3.63, 3.8) is 0 Å². The zero-order valence-corrected chi connectivity index (χ0v) is 9.89. The van der Waals surface area contributed by atoms with E-state index in [2.05, 4.69) is 28.4 Å². The highest BCUT2D eigenvalue weighted by atomic mass is 15.1. The number of nitrogens with zero attached hydrogens (tertiary/aromatic N) is 2. The Morgan fingerprint density at radius 3 is 2.65 bits per heavy atom. The van der Waals surface area contributed by atoms with Gasteiger partial charge in [0, 0.05) is 5.56 Å². The molecule has 0 aromatic heterocycles. The van der Waals surface area contributed by atoms with Crippen LogP contribution in [0.15, 0.2) is 57.8 Å². The van der Waals surface area contributed by atoms with Crippen LogP contribution in [0.3, 0.4) is 0 Å². The highest BCUT2D eigenvalue weighted by molar-refractivity contribution is 5.67. The van der Waals surface area contributed by atoms with E-state index in [1.165, 1.54) is 36.8 Å². The number of hydrogen-bond acceptors (Lipinski definition) is 2. The molecule has 1 aliphatic heterocycles. The highest BCUT2D eigenvalue weighted by Gasteiger charge is 2.14. The highest BCUT2D eigenvalue weighted by Crippen LogP contribution is 2.31. The second kappa shape index (κ2) is 4.66. The summed E-state index contributed by atoms with van der Waals surface area (Å²) in [5.41, 5.74) is 5.14. The molecule has 86 valence electrons. The van der Waals surface area contributed by atoms with E-state index in [-0.39, 0.29) is 0 Å². The average Bonchev–Trinajstić information content (AvgIpc) is 2.62. The molecule has 0 radical (unpaired) electrons. The van der Waals surface area contributed by atoms with Gasteiger partial charge in [-0.2, -0.15) is 10.2 Å². The summed E-state index contributed by atoms with van der Waals surface area (Å²) in [6, 6.07) is 10.3. The molecule has 0 unspecified atom stereocenters. The second-order valence-corrected chi connectivity index (χ2v) is 4.63. The molecule has 1 heterocycles. The van der Waals surface area contributed by atoms with Crippen molar-refractivity contribution in [3.05, 3.63) is 53.1 Å². The molecule has 0 saturated heterocycles. The first-order chi connectivity index (χ1) is 8.43. The lowest BCUT2D eigenvalue weighted by Gasteiger charge is -2.15. The molecular weight excluding hydrogens is 208 g/mol. The smallest absolute Gasteiger partial charge is 0.0927 e. The average molecular weight is 224 g/mol. The Balaban J connectivity index is 2.00. The zero-order valence-electron chi connectivity index (χ0n) is 9.89. The molecule has 17 heavy (non-hydrogen) atoms. The minimum absolute atomic E-state index is 0.794. The van der Waals surface area contributed by atoms with Gasteiger partial charge in [0.2, 0.25) is 0 Å². The molecule has 2 aliphatic rings. The fourth-order valence-corrected chi connectivity index (χ4v) is 2.49. The third kappa shape index (κ3) is 2.21. The summed E-state index contributed by atoms with van der Waals surface area (Å²) in [7, 11) is 0. The van der Waals surface area contributed by atoms with Crippen LogP contribution in [-0.2, 0) is 0 Å². The van der Waals surface area contributed by atoms with Crippen molar-refractivity contribution in [1.82, 2.24) is 0 Å². The topological polar surface area (TPSA) is 24.7 Å². The van der Waals surface area contributed by atoms with E-state index in [0.29, 0.717) is 0 Å². The zero-order chi connectivity index (χ0) is 11.5. The van der Waals surface area contributed by atoms with Crippen LogP contribution in [0.4, 0.5) is 0 Å². The summed E-state index contributed by atoms with van der Waals surface area (Å²) in [5, 5.41) is 8.67. The molecule has 1 aromatic carbocycles. The Labute approximate surface area is 102 Å². The van der Waals surface area contributed by atoms with Crippen molar-refractivity contribution in [1.29, 1.82) is 0 Å². The monoisotopic (exact) mass is 224 g/mol. The van der Waals surface area contributed by atoms with Crippen molar-refractivity contribution in [2.24, 2.45) is 10.2 Å². The Morgan fingerprint density at radius 1 is 0.941 bits per heavy atom. The van der Waals surface area contributed by atoms with E-state index in [1.54, 1.807) is 0 Å². The van der Waals surface area contributed by atoms with Crippen molar-refractivity contribution in [2.45, 2.75) is 25.7 Å². The van der Waals surface area contributed by atoms with Crippen LogP contribution in [0.2, 0.25) is 0 Å². The van der Waals surface area contributed by atoms with Gasteiger partial charge in [0.25, 0.3) is 0 Å². The number of benzene rings is 1. The maximum absolute atomic E-state index is 4.36. The lowest BCUT2D eigenvalue weighted by Crippen LogP contribution is -2.00. The Bertz CT molecular complexity index is 495. The number of rotatable bonds is 1. The van der Waals surface area contributed by atoms with Gasteiger partial charge in [-0.25, -0.2) is 0 Å². The lowest BCUT2D eigenvalue weighted by atomic mass is 9.91. The number of allylic oxidation sites excluding steroid dienone is 2. The van der Waals surface area contributed by atoms with E-state index in [1.807, 2.05) is 18.2 Å². The summed E-state index contributed by atoms with van der Waals surface area (Å²) in [5.74, 6) is 0. The number of hydrogen-bond donors (Lipinski definition) is 0. The van der Waals surface area contributed by atoms with Crippen LogP contribution in [-0.4, -0.2) is 6.54 Å². The second-order valence-electron chi connectivity index (χ2n) is 4.63. The molecule has 0 spiro atoms. The summed E-state index contributed by atoms with van der Waals surface area (Å²) in [4.78, 5) is 0. The maximum atomic E-state index is 4.36. The van der Waals surface area contributed by atoms with Gasteiger partial charge in [0.05, 0.1) is 12.2 Å². The summed E-state index contributed by atoms with van der Waals surface area (Å²) >= 11 is 0. The normalized spacial score (nSPS) is 19.6. The van der Waals surface area contributed by atoms with E-state index < -0.39 is 0 Å². The number of azo groups is 1. The van der Waals surface area contributed by atoms with Crippen LogP contribution >= 0.6 is 0 Å². The molecule has 0 fully saturated rings. The van der Waals surface area contributed by atoms with Gasteiger partial charge >= 0.3 is 0 Å². The van der Waals surface area contributed by atoms with E-state index in [4.69, 9.17) is 0 Å². The van der Waals surface area contributed by atoms with Crippen LogP contribution in [0.5, 0.6) is 0 Å². The molecule has 0 atom stereocenters. The van der Waals surface area contributed by atoms with Gasteiger partial charge in [0.15, 0.2) is 0 Å². The molecule has 0 bridgehead atoms. The molecular formula is C15H16N2. The van der Waals surface area contributed by atoms with Crippen LogP contribution in [0.1, 0.15) is 31.2 Å². The SMILES string of the molecule is C1=C(c2ccccc2)N=NCC2=C1CCCC2. The lowest BCUT2D eigenvalue weighted by molar-refractivity contribution is 0.672. The third-order valence-electron chi connectivity index (χ3n) is 3.45. The minimum atomic E-state index is 0.794. The summed E-state index contributed by atoms with van der Waals surface area (Å²) in [6.07, 6.45) is 7.24. The quantitative estimate of drug-likeness (QED) is 0.677. The molecule has 0 saturated carbocycles. The Morgan fingerprint density at radius 2 is 1.76 bits per heavy atom. The Kier molecular flexibility index (Phi) is 2.87. The van der Waals surface area contributed by atoms with E-state index >= 15 is 0 Å². The standard InChI is InChI=1S/C15H16N2/c1-2-6-12(7-3-1)15-10-13-8-4-5-9-14(13)11-16-17-15/h1-3,6-7,10H,4-5,8-9,11H2. The van der Waals surface area contributed by atoms with Crippen LogP contribution in [0, 0.1) is 0 Å². The first-order valence-corrected chi connectivity index (χ1v) is 6.29. The van der Waals surface area contributed by atoms with Crippen LogP contribution < -0.4 is 0 Å². The van der Waals surface area contributed by atoms with E-state index in [0.717, 1.165) is 17.8 Å². The molecule has 3 rings (SSSR count). The molecule has 0 N–H and O–H groups in total. The van der Waals surface area contributed by atoms with Crippen molar-refractivity contribution in [3.8, 4) is 0 Å². The largest absolute Gasteiger partial charge is 0.184 e. The molecule has 0 amide bonds. The van der Waals surface area contributed by atoms with Crippen LogP contribution in [0.25, 0.3) is 5.70 Å². The predicted molar refractivity (Wildman–Crippen MR) is 69.6 cm³/mol. The van der Waals surface area contributed by atoms with Crippen molar-refractivity contribution < 1.29 is 0 Å². The van der Waals surface area contributed by atoms with Gasteiger partial charge in [0.1, 0.15) is 0 Å². The van der Waals surface area contributed by atoms with Gasteiger partial charge in [-0.15, -0.1) is 0 Å². The van der Waals surface area contributed by atoms with Gasteiger partial charge in [-0.05, 0) is 42.9 Å². The Hall–Kier alpha value is -1.70. The molecule has 2 nitrogen and oxygen atoms in total. The van der Waals surface area contributed by atoms with Gasteiger partial charge < -0.3 is 0 Å². The third-order valence-corrected chi connectivity index (χ3v) is 3.45. The minimum Gasteiger partial charge on any atom is -0.184 e.